The van der Waals surface area contributed by atoms with Gasteiger partial charge in [-0.25, -0.2) is 0 Å². The zero-order valence-electron chi connectivity index (χ0n) is 69.5. The fourth-order valence-corrected chi connectivity index (χ4v) is 38.1. The summed E-state index contributed by atoms with van der Waals surface area (Å²) in [6, 6.07) is 92.1. The average molecular weight is 1720 g/mol. The van der Waals surface area contributed by atoms with Crippen LogP contribution in [0.2, 0.25) is 0 Å². The van der Waals surface area contributed by atoms with Crippen LogP contribution in [-0.2, 0) is 43.4 Å². The molecule has 0 heterocycles. The zero-order valence-corrected chi connectivity index (χ0v) is 77.8. The van der Waals surface area contributed by atoms with E-state index in [2.05, 4.69) is 243 Å². The molecule has 8 heteroatoms. The summed E-state index contributed by atoms with van der Waals surface area (Å²) in [5.74, 6) is 0. The van der Waals surface area contributed by atoms with Crippen LogP contribution in [0, 0.1) is 0 Å². The standard InChI is InChI=1S/4C27H32P.2ClH.2Ti/c4*1-4-11-21(12-5-1)26-18-10-13-22-19-25(20-27(22)26)28(23-14-6-2-7-15-23)24-16-8-3-9-17-24;;;;/h4*1,4-5,10-13,18-20,23-24H,2-3,6-9,14-17H2;2*1H;;/q4*-1;;;2*+2/p-2. The summed E-state index contributed by atoms with van der Waals surface area (Å²) in [6.07, 6.45) is 58.8. The van der Waals surface area contributed by atoms with Crippen LogP contribution >= 0.6 is 31.7 Å². The van der Waals surface area contributed by atoms with Crippen LogP contribution in [-0.4, -0.2) is 45.3 Å². The number of halogens is 2. The van der Waals surface area contributed by atoms with Gasteiger partial charge in [-0.15, -0.1) is 137 Å². The molecular formula is C108H128Cl2P4Ti2-2. The molecule has 0 nitrogen and oxygen atoms in total. The first kappa shape index (κ1) is 89.7. The van der Waals surface area contributed by atoms with E-state index in [-0.39, 0.29) is 99.9 Å². The van der Waals surface area contributed by atoms with E-state index in [1.165, 1.54) is 344 Å². The molecule has 0 N–H and O–H groups in total. The minimum atomic E-state index is -0.0202. The van der Waals surface area contributed by atoms with Gasteiger partial charge in [0.2, 0.25) is 0 Å². The summed E-state index contributed by atoms with van der Waals surface area (Å²) in [6.45, 7) is 0. The second-order valence-electron chi connectivity index (χ2n) is 35.5. The van der Waals surface area contributed by atoms with Gasteiger partial charge in [0.1, 0.15) is 0 Å². The van der Waals surface area contributed by atoms with E-state index in [0.29, 0.717) is 0 Å². The molecule has 0 aromatic heterocycles. The molecule has 0 radical (unpaired) electrons. The number of hydrogen-bond donors (Lipinski definition) is 0. The van der Waals surface area contributed by atoms with Crippen molar-refractivity contribution >= 4 is 96.0 Å². The minimum Gasteiger partial charge on any atom is -1.00 e. The van der Waals surface area contributed by atoms with Gasteiger partial charge in [-0.1, -0.05) is 354 Å². The second kappa shape index (κ2) is 45.3. The van der Waals surface area contributed by atoms with E-state index >= 15 is 0 Å². The van der Waals surface area contributed by atoms with Crippen molar-refractivity contribution in [1.29, 1.82) is 0 Å². The van der Waals surface area contributed by atoms with E-state index in [4.69, 9.17) is 0 Å². The van der Waals surface area contributed by atoms with E-state index in [0.717, 1.165) is 45.3 Å². The number of fused-ring (bicyclic) bond motifs is 4. The normalized spacial score (nSPS) is 18.8. The first-order chi connectivity index (χ1) is 55.6. The summed E-state index contributed by atoms with van der Waals surface area (Å²) in [5.41, 5.74) is 18.8. The zero-order chi connectivity index (χ0) is 75.0. The Hall–Kier alpha value is -4.07. The molecule has 12 aromatic rings. The summed E-state index contributed by atoms with van der Waals surface area (Å²) >= 11 is 0. The number of rotatable bonds is 16. The van der Waals surface area contributed by atoms with E-state index < -0.39 is 0 Å². The van der Waals surface area contributed by atoms with E-state index in [9.17, 15) is 0 Å². The predicted octanol–water partition coefficient (Wildman–Crippen LogP) is 26.0. The third-order valence-corrected chi connectivity index (χ3v) is 42.1. The van der Waals surface area contributed by atoms with Crippen molar-refractivity contribution in [3.63, 3.8) is 0 Å². The van der Waals surface area contributed by atoms with E-state index in [1.54, 1.807) is 21.2 Å². The Balaban J connectivity index is 0.000000133. The summed E-state index contributed by atoms with van der Waals surface area (Å²) in [7, 11) is -0.0808. The maximum atomic E-state index is 2.60. The quantitative estimate of drug-likeness (QED) is 0.0514. The Bertz CT molecular complexity index is 4150. The van der Waals surface area contributed by atoms with Crippen molar-refractivity contribution < 1.29 is 68.2 Å². The number of hydrogen-bond acceptors (Lipinski definition) is 0. The smallest absolute Gasteiger partial charge is 1.00 e. The van der Waals surface area contributed by atoms with Crippen LogP contribution in [0.15, 0.2) is 243 Å². The van der Waals surface area contributed by atoms with Crippen LogP contribution in [0.5, 0.6) is 0 Å². The van der Waals surface area contributed by atoms with Gasteiger partial charge >= 0.3 is 43.4 Å². The third kappa shape index (κ3) is 21.9. The molecule has 0 bridgehead atoms. The molecule has 12 aromatic carbocycles. The van der Waals surface area contributed by atoms with Crippen LogP contribution < -0.4 is 46.0 Å². The van der Waals surface area contributed by atoms with Crippen molar-refractivity contribution in [3.8, 4) is 44.5 Å². The molecule has 0 saturated heterocycles. The topological polar surface area (TPSA) is 0 Å². The van der Waals surface area contributed by atoms with Gasteiger partial charge in [0, 0.05) is 0 Å². The van der Waals surface area contributed by atoms with E-state index in [1.807, 2.05) is 0 Å². The summed E-state index contributed by atoms with van der Waals surface area (Å²) in [4.78, 5) is 0. The van der Waals surface area contributed by atoms with Crippen molar-refractivity contribution in [2.24, 2.45) is 0 Å². The minimum absolute atomic E-state index is 0. The molecule has 8 aliphatic rings. The molecule has 0 spiro atoms. The Kier molecular flexibility index (Phi) is 35.1. The van der Waals surface area contributed by atoms with Gasteiger partial charge in [-0.2, -0.15) is 24.3 Å². The Labute approximate surface area is 746 Å². The van der Waals surface area contributed by atoms with Gasteiger partial charge in [-0.05, 0) is 170 Å². The Morgan fingerprint density at radius 2 is 0.336 bits per heavy atom. The van der Waals surface area contributed by atoms with Crippen LogP contribution in [0.4, 0.5) is 0 Å². The molecule has 8 aliphatic carbocycles. The monoisotopic (exact) mass is 1710 g/mol. The maximum absolute atomic E-state index is 2.60. The molecule has 604 valence electrons. The largest absolute Gasteiger partial charge is 2.00 e. The first-order valence-electron chi connectivity index (χ1n) is 45.7. The van der Waals surface area contributed by atoms with Gasteiger partial charge < -0.3 is 24.8 Å². The molecule has 116 heavy (non-hydrogen) atoms. The summed E-state index contributed by atoms with van der Waals surface area (Å²) in [5, 5.41) is 18.6. The SMILES string of the molecule is [Cl-].[Cl-].[Ti+2].[Ti+2].c1ccc(-c2cccc3[cH-]c(P(C4CCCCC4)C4CCCCC4)cc23)cc1.c1ccc(-c2cccc3[cH-]c(P(C4CCCCC4)C4CCCCC4)cc23)cc1.c1ccc(-c2cccc3[cH-]c(P(C4CCCCC4)C4CCCCC4)cc23)cc1.c1ccc(-c2cccc3[cH-]c(P(C4CCCCC4)C4CCCCC4)cc23)cc1. The molecule has 8 fully saturated rings. The fraction of sp³-hybridized carbons (Fsp3) is 0.444. The molecule has 0 amide bonds. The Morgan fingerprint density at radius 1 is 0.181 bits per heavy atom. The molecule has 0 aliphatic heterocycles. The van der Waals surface area contributed by atoms with Crippen molar-refractivity contribution in [3.05, 3.63) is 243 Å². The average Bonchev–Trinajstić information content (AvgIpc) is 1.65. The second-order valence-corrected chi connectivity index (χ2v) is 46.7. The molecule has 0 unspecified atom stereocenters. The van der Waals surface area contributed by atoms with Crippen molar-refractivity contribution in [2.75, 3.05) is 0 Å². The van der Waals surface area contributed by atoms with Crippen LogP contribution in [0.25, 0.3) is 87.6 Å². The third-order valence-electron chi connectivity index (χ3n) is 28.2. The van der Waals surface area contributed by atoms with Crippen LogP contribution in [0.1, 0.15) is 257 Å². The van der Waals surface area contributed by atoms with Gasteiger partial charge in [0.25, 0.3) is 0 Å². The predicted molar refractivity (Wildman–Crippen MR) is 501 cm³/mol. The van der Waals surface area contributed by atoms with Gasteiger partial charge in [0.05, 0.1) is 0 Å². The molecule has 0 atom stereocenters. The van der Waals surface area contributed by atoms with Crippen molar-refractivity contribution in [1.82, 2.24) is 0 Å². The molecule has 8 saturated carbocycles. The summed E-state index contributed by atoms with van der Waals surface area (Å²) < 4.78 is 0. The van der Waals surface area contributed by atoms with Crippen LogP contribution in [0.3, 0.4) is 0 Å². The molecule has 20 rings (SSSR count). The fourth-order valence-electron chi connectivity index (χ4n) is 22.7. The first-order valence-corrected chi connectivity index (χ1v) is 51.6. The maximum Gasteiger partial charge on any atom is 2.00 e. The molecular weight excluding hydrogens is 1590 g/mol. The van der Waals surface area contributed by atoms with Crippen molar-refractivity contribution in [2.45, 2.75) is 302 Å². The Morgan fingerprint density at radius 3 is 0.491 bits per heavy atom. The number of benzene rings is 8. The van der Waals surface area contributed by atoms with Gasteiger partial charge in [0.15, 0.2) is 0 Å². The van der Waals surface area contributed by atoms with Gasteiger partial charge in [-0.3, -0.25) is 0 Å².